The monoisotopic (exact) mass is 293 g/mol. The molecule has 2 heterocycles. The Kier molecular flexibility index (Phi) is 3.64. The molecule has 20 heavy (non-hydrogen) atoms. The van der Waals surface area contributed by atoms with Crippen molar-refractivity contribution in [3.63, 3.8) is 0 Å². The Labute approximate surface area is 119 Å². The van der Waals surface area contributed by atoms with E-state index in [9.17, 15) is 9.59 Å². The highest BCUT2D eigenvalue weighted by atomic mass is 32.1. The molecule has 0 unspecified atom stereocenters. The van der Waals surface area contributed by atoms with Crippen molar-refractivity contribution < 1.29 is 4.79 Å². The Balaban J connectivity index is 1.68. The lowest BCUT2D eigenvalue weighted by molar-refractivity contribution is -0.117. The van der Waals surface area contributed by atoms with E-state index in [2.05, 4.69) is 15.5 Å². The molecule has 3 rings (SSSR count). The molecule has 8 heteroatoms. The lowest BCUT2D eigenvalue weighted by atomic mass is 10.2. The van der Waals surface area contributed by atoms with E-state index in [-0.39, 0.29) is 17.3 Å². The molecule has 1 aliphatic rings. The molecule has 106 valence electrons. The lowest BCUT2D eigenvalue weighted by Gasteiger charge is -2.14. The summed E-state index contributed by atoms with van der Waals surface area (Å²) in [6.45, 7) is -0.0713. The van der Waals surface area contributed by atoms with E-state index < -0.39 is 0 Å². The van der Waals surface area contributed by atoms with Crippen molar-refractivity contribution in [2.45, 2.75) is 38.3 Å². The second-order valence-corrected chi connectivity index (χ2v) is 5.61. The highest BCUT2D eigenvalue weighted by Crippen LogP contribution is 2.31. The normalized spacial score (nSPS) is 15.6. The molecule has 1 N–H and O–H groups in total. The van der Waals surface area contributed by atoms with Gasteiger partial charge in [0, 0.05) is 6.07 Å². The molecule has 2 aromatic heterocycles. The van der Waals surface area contributed by atoms with E-state index in [0.29, 0.717) is 11.9 Å². The van der Waals surface area contributed by atoms with Crippen LogP contribution in [-0.2, 0) is 11.3 Å². The van der Waals surface area contributed by atoms with Crippen LogP contribution in [0.5, 0.6) is 0 Å². The first-order chi connectivity index (χ1) is 9.74. The maximum Gasteiger partial charge on any atom is 0.325 e. The molecule has 1 amide bonds. The number of carbonyl (C=O) groups is 1. The summed E-state index contributed by atoms with van der Waals surface area (Å²) < 4.78 is 3.02. The molecule has 1 saturated carbocycles. The Hall–Kier alpha value is -1.96. The Morgan fingerprint density at radius 2 is 2.20 bits per heavy atom. The predicted molar refractivity (Wildman–Crippen MR) is 74.7 cm³/mol. The van der Waals surface area contributed by atoms with Crippen LogP contribution in [0.4, 0.5) is 5.82 Å². The van der Waals surface area contributed by atoms with Gasteiger partial charge in [0.1, 0.15) is 17.9 Å². The highest BCUT2D eigenvalue weighted by Gasteiger charge is 2.20. The summed E-state index contributed by atoms with van der Waals surface area (Å²) in [6.07, 6.45) is 6.27. The van der Waals surface area contributed by atoms with Crippen molar-refractivity contribution >= 4 is 23.1 Å². The molecule has 2 aromatic rings. The van der Waals surface area contributed by atoms with Crippen LogP contribution in [0.1, 0.15) is 31.7 Å². The second kappa shape index (κ2) is 5.58. The summed E-state index contributed by atoms with van der Waals surface area (Å²) in [4.78, 5) is 23.1. The van der Waals surface area contributed by atoms with Crippen LogP contribution in [0.25, 0.3) is 0 Å². The second-order valence-electron chi connectivity index (χ2n) is 4.81. The van der Waals surface area contributed by atoms with Crippen molar-refractivity contribution in [2.24, 2.45) is 0 Å². The average molecular weight is 293 g/mol. The maximum absolute atomic E-state index is 11.9. The van der Waals surface area contributed by atoms with Gasteiger partial charge < -0.3 is 5.32 Å². The zero-order valence-electron chi connectivity index (χ0n) is 10.9. The van der Waals surface area contributed by atoms with Crippen LogP contribution >= 0.6 is 11.3 Å². The number of amides is 1. The van der Waals surface area contributed by atoms with Crippen LogP contribution in [-0.4, -0.2) is 25.5 Å². The zero-order valence-corrected chi connectivity index (χ0v) is 11.7. The fraction of sp³-hybridized carbons (Fsp3) is 0.500. The van der Waals surface area contributed by atoms with E-state index in [1.54, 1.807) is 12.3 Å². The van der Waals surface area contributed by atoms with Gasteiger partial charge in [0.15, 0.2) is 0 Å². The average Bonchev–Trinajstić information content (AvgIpc) is 3.11. The zero-order chi connectivity index (χ0) is 13.9. The maximum atomic E-state index is 11.9. The number of nitrogens with zero attached hydrogens (tertiary/aromatic N) is 4. The minimum atomic E-state index is -0.266. The molecule has 0 aromatic carbocycles. The number of carbonyl (C=O) groups excluding carboxylic acids is 1. The highest BCUT2D eigenvalue weighted by molar-refractivity contribution is 7.06. The van der Waals surface area contributed by atoms with E-state index in [4.69, 9.17) is 0 Å². The van der Waals surface area contributed by atoms with Crippen molar-refractivity contribution in [1.29, 1.82) is 0 Å². The number of hydrogen-bond donors (Lipinski definition) is 1. The van der Waals surface area contributed by atoms with E-state index in [1.165, 1.54) is 18.4 Å². The van der Waals surface area contributed by atoms with Gasteiger partial charge in [-0.2, -0.15) is 10.2 Å². The quantitative estimate of drug-likeness (QED) is 0.920. The first kappa shape index (κ1) is 13.0. The van der Waals surface area contributed by atoms with Crippen molar-refractivity contribution in [1.82, 2.24) is 19.6 Å². The molecule has 1 aliphatic carbocycles. The molecule has 7 nitrogen and oxygen atoms in total. The van der Waals surface area contributed by atoms with Gasteiger partial charge in [0.25, 0.3) is 0 Å². The van der Waals surface area contributed by atoms with E-state index >= 15 is 0 Å². The SMILES string of the molecule is O=C(Cn1ncsc1=O)Nc1ccnn1C1CCCC1. The summed E-state index contributed by atoms with van der Waals surface area (Å²) in [7, 11) is 0. The van der Waals surface area contributed by atoms with Gasteiger partial charge in [-0.25, -0.2) is 9.36 Å². The van der Waals surface area contributed by atoms with Crippen molar-refractivity contribution in [2.75, 3.05) is 5.32 Å². The molecule has 0 atom stereocenters. The molecule has 0 aliphatic heterocycles. The van der Waals surface area contributed by atoms with Crippen LogP contribution in [0, 0.1) is 0 Å². The number of anilines is 1. The van der Waals surface area contributed by atoms with E-state index in [1.807, 2.05) is 4.68 Å². The first-order valence-corrected chi connectivity index (χ1v) is 7.46. The molecule has 1 fully saturated rings. The fourth-order valence-electron chi connectivity index (χ4n) is 2.51. The Bertz CT molecular complexity index is 653. The summed E-state index contributed by atoms with van der Waals surface area (Å²) in [5.74, 6) is 0.419. The largest absolute Gasteiger partial charge is 0.325 e. The minimum Gasteiger partial charge on any atom is -0.309 e. The summed E-state index contributed by atoms with van der Waals surface area (Å²) >= 11 is 0.977. The minimum absolute atomic E-state index is 0.0713. The van der Waals surface area contributed by atoms with Crippen molar-refractivity contribution in [3.05, 3.63) is 27.4 Å². The third-order valence-electron chi connectivity index (χ3n) is 3.45. The van der Waals surface area contributed by atoms with Gasteiger partial charge in [-0.05, 0) is 12.8 Å². The fourth-order valence-corrected chi connectivity index (χ4v) is 2.99. The van der Waals surface area contributed by atoms with Gasteiger partial charge >= 0.3 is 4.87 Å². The first-order valence-electron chi connectivity index (χ1n) is 6.58. The molecular formula is C12H15N5O2S. The Morgan fingerprint density at radius 3 is 2.90 bits per heavy atom. The van der Waals surface area contributed by atoms with Crippen LogP contribution < -0.4 is 10.2 Å². The van der Waals surface area contributed by atoms with Crippen LogP contribution in [0.3, 0.4) is 0 Å². The van der Waals surface area contributed by atoms with Crippen LogP contribution in [0.2, 0.25) is 0 Å². The third-order valence-corrected chi connectivity index (χ3v) is 4.06. The number of rotatable bonds is 4. The lowest BCUT2D eigenvalue weighted by Crippen LogP contribution is -2.26. The van der Waals surface area contributed by atoms with Crippen LogP contribution in [0.15, 0.2) is 22.6 Å². The topological polar surface area (TPSA) is 81.8 Å². The smallest absolute Gasteiger partial charge is 0.309 e. The third kappa shape index (κ3) is 2.64. The summed E-state index contributed by atoms with van der Waals surface area (Å²) in [5, 5.41) is 10.9. The van der Waals surface area contributed by atoms with Crippen molar-refractivity contribution in [3.8, 4) is 0 Å². The molecule has 0 spiro atoms. The van der Waals surface area contributed by atoms with Gasteiger partial charge in [0.2, 0.25) is 5.91 Å². The number of hydrogen-bond acceptors (Lipinski definition) is 5. The molecular weight excluding hydrogens is 278 g/mol. The van der Waals surface area contributed by atoms with Gasteiger partial charge in [0.05, 0.1) is 12.2 Å². The molecule has 0 radical (unpaired) electrons. The predicted octanol–water partition coefficient (Wildman–Crippen LogP) is 1.26. The van der Waals surface area contributed by atoms with E-state index in [0.717, 1.165) is 28.9 Å². The number of nitrogens with one attached hydrogen (secondary N) is 1. The summed E-state index contributed by atoms with van der Waals surface area (Å²) in [5.41, 5.74) is 1.43. The van der Waals surface area contributed by atoms with Gasteiger partial charge in [-0.3, -0.25) is 9.59 Å². The molecule has 0 bridgehead atoms. The number of aromatic nitrogens is 4. The Morgan fingerprint density at radius 1 is 1.40 bits per heavy atom. The van der Waals surface area contributed by atoms with Gasteiger partial charge in [-0.15, -0.1) is 0 Å². The molecule has 0 saturated heterocycles. The van der Waals surface area contributed by atoms with Gasteiger partial charge in [-0.1, -0.05) is 24.2 Å². The standard InChI is InChI=1S/C12H15N5O2S/c18-11(7-16-12(19)20-8-14-16)15-10-5-6-13-17(10)9-3-1-2-4-9/h5-6,8-9H,1-4,7H2,(H,15,18). The summed E-state index contributed by atoms with van der Waals surface area (Å²) in [6, 6.07) is 2.14.